The van der Waals surface area contributed by atoms with Crippen LogP contribution in [0.3, 0.4) is 0 Å². The van der Waals surface area contributed by atoms with Gasteiger partial charge in [-0.2, -0.15) is 0 Å². The summed E-state index contributed by atoms with van der Waals surface area (Å²) in [7, 11) is 2.94. The molecule has 0 radical (unpaired) electrons. The average Bonchev–Trinajstić information content (AvgIpc) is 3.17. The number of piperidine rings is 1. The lowest BCUT2D eigenvalue weighted by molar-refractivity contribution is -0.124. The van der Waals surface area contributed by atoms with Gasteiger partial charge < -0.3 is 19.9 Å². The Morgan fingerprint density at radius 2 is 2.13 bits per heavy atom. The molecule has 3 aromatic rings. The predicted octanol–water partition coefficient (Wildman–Crippen LogP) is 0.856. The zero-order valence-corrected chi connectivity index (χ0v) is 16.4. The number of carbonyl (C=O) groups excluding carboxylic acids is 2. The maximum Gasteiger partial charge on any atom is 0.294 e. The van der Waals surface area contributed by atoms with Gasteiger partial charge in [-0.15, -0.1) is 0 Å². The largest absolute Gasteiger partial charge is 0.497 e. The third kappa shape index (κ3) is 3.40. The standard InChI is InChI=1S/C20H20FN5O4/c1-25-16(12-6-5-11(30-2)8-13(12)21)10-26-9-15(23-17(26)20(25)29)19(28)24-14-4-3-7-22-18(14)27/h5-6,8-10,14H,3-4,7H2,1-2H3,(H,22,27)(H,24,28). The van der Waals surface area contributed by atoms with Gasteiger partial charge in [0, 0.05) is 37.6 Å². The highest BCUT2D eigenvalue weighted by molar-refractivity contribution is 5.96. The summed E-state index contributed by atoms with van der Waals surface area (Å²) in [4.78, 5) is 41.3. The minimum atomic E-state index is -0.636. The van der Waals surface area contributed by atoms with Crippen LogP contribution < -0.4 is 20.9 Å². The van der Waals surface area contributed by atoms with Crippen molar-refractivity contribution in [3.8, 4) is 17.0 Å². The Morgan fingerprint density at radius 1 is 1.33 bits per heavy atom. The molecule has 0 spiro atoms. The van der Waals surface area contributed by atoms with Gasteiger partial charge in [-0.1, -0.05) is 0 Å². The molecule has 3 heterocycles. The van der Waals surface area contributed by atoms with Crippen LogP contribution in [0, 0.1) is 5.82 Å². The molecule has 0 saturated carbocycles. The molecule has 156 valence electrons. The second-order valence-corrected chi connectivity index (χ2v) is 7.04. The normalized spacial score (nSPS) is 16.4. The Hall–Kier alpha value is -3.69. The second-order valence-electron chi connectivity index (χ2n) is 7.04. The molecule has 1 aliphatic rings. The summed E-state index contributed by atoms with van der Waals surface area (Å²) in [6.45, 7) is 0.584. The van der Waals surface area contributed by atoms with Gasteiger partial charge in [0.05, 0.1) is 12.8 Å². The van der Waals surface area contributed by atoms with E-state index >= 15 is 0 Å². The van der Waals surface area contributed by atoms with Gasteiger partial charge in [0.1, 0.15) is 23.3 Å². The van der Waals surface area contributed by atoms with E-state index in [1.165, 1.54) is 47.7 Å². The Labute approximate surface area is 170 Å². The van der Waals surface area contributed by atoms with Crippen LogP contribution in [0.15, 0.2) is 35.4 Å². The van der Waals surface area contributed by atoms with Crippen LogP contribution in [-0.4, -0.2) is 45.5 Å². The predicted molar refractivity (Wildman–Crippen MR) is 106 cm³/mol. The highest BCUT2D eigenvalue weighted by Crippen LogP contribution is 2.25. The Kier molecular flexibility index (Phi) is 4.98. The molecule has 1 aliphatic heterocycles. The highest BCUT2D eigenvalue weighted by Gasteiger charge is 2.25. The number of aromatic nitrogens is 3. The quantitative estimate of drug-likeness (QED) is 0.660. The fourth-order valence-electron chi connectivity index (χ4n) is 3.46. The summed E-state index contributed by atoms with van der Waals surface area (Å²) in [6.07, 6.45) is 4.21. The summed E-state index contributed by atoms with van der Waals surface area (Å²) < 4.78 is 22.2. The third-order valence-electron chi connectivity index (χ3n) is 5.13. The second kappa shape index (κ2) is 7.62. The summed E-state index contributed by atoms with van der Waals surface area (Å²) in [6, 6.07) is 3.70. The lowest BCUT2D eigenvalue weighted by atomic mass is 10.1. The first-order valence-corrected chi connectivity index (χ1v) is 9.40. The van der Waals surface area contributed by atoms with E-state index in [0.717, 1.165) is 6.42 Å². The van der Waals surface area contributed by atoms with Crippen LogP contribution in [0.4, 0.5) is 4.39 Å². The van der Waals surface area contributed by atoms with Crippen molar-refractivity contribution in [3.63, 3.8) is 0 Å². The van der Waals surface area contributed by atoms with Crippen LogP contribution in [0.25, 0.3) is 16.9 Å². The molecule has 1 atom stereocenters. The van der Waals surface area contributed by atoms with Crippen molar-refractivity contribution >= 4 is 17.5 Å². The van der Waals surface area contributed by atoms with E-state index < -0.39 is 23.3 Å². The van der Waals surface area contributed by atoms with Crippen molar-refractivity contribution in [1.29, 1.82) is 0 Å². The van der Waals surface area contributed by atoms with Gasteiger partial charge >= 0.3 is 0 Å². The van der Waals surface area contributed by atoms with Gasteiger partial charge in [-0.05, 0) is 25.0 Å². The monoisotopic (exact) mass is 413 g/mol. The smallest absolute Gasteiger partial charge is 0.294 e. The van der Waals surface area contributed by atoms with Crippen LogP contribution in [-0.2, 0) is 11.8 Å². The zero-order chi connectivity index (χ0) is 21.4. The minimum Gasteiger partial charge on any atom is -0.497 e. The van der Waals surface area contributed by atoms with Crippen molar-refractivity contribution in [2.24, 2.45) is 7.05 Å². The van der Waals surface area contributed by atoms with Gasteiger partial charge in [0.2, 0.25) is 11.6 Å². The number of methoxy groups -OCH3 is 1. The first-order chi connectivity index (χ1) is 14.4. The molecule has 2 N–H and O–H groups in total. The SMILES string of the molecule is COc1ccc(-c2cn3cc(C(=O)NC4CCCNC4=O)nc3c(=O)n2C)c(F)c1. The Bertz CT molecular complexity index is 1220. The summed E-state index contributed by atoms with van der Waals surface area (Å²) >= 11 is 0. The first kappa shape index (κ1) is 19.6. The van der Waals surface area contributed by atoms with Crippen molar-refractivity contribution in [3.05, 3.63) is 52.5 Å². The number of rotatable bonds is 4. The number of halogens is 1. The molecule has 0 aliphatic carbocycles. The highest BCUT2D eigenvalue weighted by atomic mass is 19.1. The number of fused-ring (bicyclic) bond motifs is 1. The molecule has 2 amide bonds. The van der Waals surface area contributed by atoms with Crippen LogP contribution in [0.5, 0.6) is 5.75 Å². The van der Waals surface area contributed by atoms with Crippen molar-refractivity contribution in [1.82, 2.24) is 24.6 Å². The number of hydrogen-bond acceptors (Lipinski definition) is 5. The van der Waals surface area contributed by atoms with E-state index in [9.17, 15) is 18.8 Å². The maximum absolute atomic E-state index is 14.5. The molecule has 9 nitrogen and oxygen atoms in total. The summed E-state index contributed by atoms with van der Waals surface area (Å²) in [5.41, 5.74) is 0.0444. The Morgan fingerprint density at radius 3 is 2.83 bits per heavy atom. The number of nitrogens with one attached hydrogen (secondary N) is 2. The lowest BCUT2D eigenvalue weighted by Gasteiger charge is -2.22. The fraction of sp³-hybridized carbons (Fsp3) is 0.300. The molecule has 1 unspecified atom stereocenters. The minimum absolute atomic E-state index is 0.00201. The third-order valence-corrected chi connectivity index (χ3v) is 5.13. The van der Waals surface area contributed by atoms with Gasteiger partial charge in [0.25, 0.3) is 11.5 Å². The molecular formula is C20H20FN5O4. The number of amides is 2. The number of ether oxygens (including phenoxy) is 1. The molecule has 1 aromatic carbocycles. The number of benzene rings is 1. The van der Waals surface area contributed by atoms with E-state index in [2.05, 4.69) is 15.6 Å². The molecule has 1 saturated heterocycles. The van der Waals surface area contributed by atoms with Crippen LogP contribution in [0.1, 0.15) is 23.3 Å². The molecule has 30 heavy (non-hydrogen) atoms. The zero-order valence-electron chi connectivity index (χ0n) is 16.4. The van der Waals surface area contributed by atoms with E-state index in [1.54, 1.807) is 6.07 Å². The lowest BCUT2D eigenvalue weighted by Crippen LogP contribution is -2.50. The number of carbonyl (C=O) groups is 2. The molecule has 4 rings (SSSR count). The topological polar surface area (TPSA) is 107 Å². The van der Waals surface area contributed by atoms with E-state index in [0.29, 0.717) is 24.4 Å². The van der Waals surface area contributed by atoms with Crippen molar-refractivity contribution in [2.45, 2.75) is 18.9 Å². The van der Waals surface area contributed by atoms with E-state index in [4.69, 9.17) is 4.74 Å². The first-order valence-electron chi connectivity index (χ1n) is 9.40. The fourth-order valence-corrected chi connectivity index (χ4v) is 3.46. The average molecular weight is 413 g/mol. The maximum atomic E-state index is 14.5. The van der Waals surface area contributed by atoms with Gasteiger partial charge in [0.15, 0.2) is 0 Å². The molecular weight excluding hydrogens is 393 g/mol. The number of imidazole rings is 1. The van der Waals surface area contributed by atoms with Crippen molar-refractivity contribution in [2.75, 3.05) is 13.7 Å². The number of nitrogens with zero attached hydrogens (tertiary/aromatic N) is 3. The van der Waals surface area contributed by atoms with Gasteiger partial charge in [-0.25, -0.2) is 9.37 Å². The molecule has 10 heteroatoms. The molecule has 0 bridgehead atoms. The summed E-state index contributed by atoms with van der Waals surface area (Å²) in [5, 5.41) is 5.33. The van der Waals surface area contributed by atoms with Crippen LogP contribution in [0.2, 0.25) is 0 Å². The molecule has 2 aromatic heterocycles. The summed E-state index contributed by atoms with van der Waals surface area (Å²) in [5.74, 6) is -0.993. The molecule has 1 fully saturated rings. The van der Waals surface area contributed by atoms with E-state index in [-0.39, 0.29) is 22.8 Å². The number of hydrogen-bond donors (Lipinski definition) is 2. The van der Waals surface area contributed by atoms with Gasteiger partial charge in [-0.3, -0.25) is 18.8 Å². The Balaban J connectivity index is 1.71. The van der Waals surface area contributed by atoms with Crippen LogP contribution >= 0.6 is 0 Å². The van der Waals surface area contributed by atoms with Crippen molar-refractivity contribution < 1.29 is 18.7 Å². The van der Waals surface area contributed by atoms with E-state index in [1.807, 2.05) is 0 Å².